The van der Waals surface area contributed by atoms with E-state index in [1.54, 1.807) is 41.3 Å². The van der Waals surface area contributed by atoms with E-state index in [4.69, 9.17) is 11.6 Å². The van der Waals surface area contributed by atoms with E-state index in [2.05, 4.69) is 10.6 Å². The van der Waals surface area contributed by atoms with Crippen LogP contribution in [0.15, 0.2) is 48.5 Å². The Kier molecular flexibility index (Phi) is 6.54. The lowest BCUT2D eigenvalue weighted by Gasteiger charge is -2.20. The van der Waals surface area contributed by atoms with Gasteiger partial charge in [-0.2, -0.15) is 0 Å². The molecule has 3 rings (SSSR count). The molecule has 0 aliphatic carbocycles. The van der Waals surface area contributed by atoms with E-state index in [0.717, 1.165) is 5.56 Å². The quantitative estimate of drug-likeness (QED) is 0.761. The largest absolute Gasteiger partial charge is 0.348 e. The van der Waals surface area contributed by atoms with Gasteiger partial charge in [0.1, 0.15) is 0 Å². The second-order valence-electron chi connectivity index (χ2n) is 7.42. The summed E-state index contributed by atoms with van der Waals surface area (Å²) in [4.78, 5) is 38.4. The lowest BCUT2D eigenvalue weighted by atomic mass is 10.1. The number of hydrogen-bond acceptors (Lipinski definition) is 3. The van der Waals surface area contributed by atoms with Crippen LogP contribution in [0.5, 0.6) is 0 Å². The molecule has 0 radical (unpaired) electrons. The first-order valence-electron chi connectivity index (χ1n) is 9.56. The van der Waals surface area contributed by atoms with Gasteiger partial charge in [-0.15, -0.1) is 0 Å². The van der Waals surface area contributed by atoms with Crippen molar-refractivity contribution in [2.75, 3.05) is 11.9 Å². The molecule has 152 valence electrons. The Labute approximate surface area is 175 Å². The van der Waals surface area contributed by atoms with Crippen molar-refractivity contribution in [3.05, 3.63) is 64.7 Å². The smallest absolute Gasteiger partial charge is 0.251 e. The molecule has 0 saturated carbocycles. The molecule has 7 heteroatoms. The lowest BCUT2D eigenvalue weighted by Crippen LogP contribution is -2.33. The molecule has 2 N–H and O–H groups in total. The van der Waals surface area contributed by atoms with Crippen LogP contribution in [0.3, 0.4) is 0 Å². The predicted octanol–water partition coefficient (Wildman–Crippen LogP) is 3.47. The van der Waals surface area contributed by atoms with Crippen LogP contribution in [0.1, 0.15) is 36.2 Å². The summed E-state index contributed by atoms with van der Waals surface area (Å²) in [5, 5.41) is 6.33. The Balaban J connectivity index is 1.53. The fraction of sp³-hybridized carbons (Fsp3) is 0.318. The molecule has 1 aliphatic rings. The van der Waals surface area contributed by atoms with Crippen LogP contribution in [-0.2, 0) is 16.1 Å². The van der Waals surface area contributed by atoms with Gasteiger partial charge in [0, 0.05) is 41.8 Å². The van der Waals surface area contributed by atoms with Gasteiger partial charge in [-0.1, -0.05) is 23.7 Å². The Bertz CT molecular complexity index is 895. The Morgan fingerprint density at radius 1 is 1.10 bits per heavy atom. The van der Waals surface area contributed by atoms with Crippen LogP contribution >= 0.6 is 11.6 Å². The third kappa shape index (κ3) is 5.35. The van der Waals surface area contributed by atoms with Crippen molar-refractivity contribution >= 4 is 35.0 Å². The molecule has 2 aromatic carbocycles. The number of carbonyl (C=O) groups excluding carboxylic acids is 3. The van der Waals surface area contributed by atoms with Gasteiger partial charge in [-0.05, 0) is 55.8 Å². The maximum atomic E-state index is 12.5. The van der Waals surface area contributed by atoms with Gasteiger partial charge in [-0.3, -0.25) is 14.4 Å². The topological polar surface area (TPSA) is 78.5 Å². The molecular formula is C22H24ClN3O3. The summed E-state index contributed by atoms with van der Waals surface area (Å²) in [6, 6.07) is 14.0. The standard InChI is InChI=1S/C22H24ClN3O3/c1-14(2)26-13-17(11-20(26)27)22(29)25-19-9-5-16(6-10-19)21(28)24-12-15-3-7-18(23)8-4-15/h3-10,14,17H,11-13H2,1-2H3,(H,24,28)(H,25,29). The molecule has 6 nitrogen and oxygen atoms in total. The first kappa shape index (κ1) is 20.9. The van der Waals surface area contributed by atoms with E-state index in [0.29, 0.717) is 29.4 Å². The highest BCUT2D eigenvalue weighted by atomic mass is 35.5. The number of nitrogens with one attached hydrogen (secondary N) is 2. The predicted molar refractivity (Wildman–Crippen MR) is 113 cm³/mol. The van der Waals surface area contributed by atoms with Crippen LogP contribution in [0, 0.1) is 5.92 Å². The SMILES string of the molecule is CC(C)N1CC(C(=O)Nc2ccc(C(=O)NCc3ccc(Cl)cc3)cc2)CC1=O. The molecule has 29 heavy (non-hydrogen) atoms. The zero-order valence-electron chi connectivity index (χ0n) is 16.4. The minimum Gasteiger partial charge on any atom is -0.348 e. The number of anilines is 1. The number of rotatable bonds is 6. The van der Waals surface area contributed by atoms with Crippen LogP contribution in [0.4, 0.5) is 5.69 Å². The highest BCUT2D eigenvalue weighted by Gasteiger charge is 2.35. The summed E-state index contributed by atoms with van der Waals surface area (Å²) in [5.74, 6) is -0.728. The molecule has 1 unspecified atom stereocenters. The number of nitrogens with zero attached hydrogens (tertiary/aromatic N) is 1. The van der Waals surface area contributed by atoms with Crippen molar-refractivity contribution in [2.24, 2.45) is 5.92 Å². The average Bonchev–Trinajstić information content (AvgIpc) is 3.10. The summed E-state index contributed by atoms with van der Waals surface area (Å²) in [5.41, 5.74) is 2.05. The van der Waals surface area contributed by atoms with Crippen molar-refractivity contribution < 1.29 is 14.4 Å². The summed E-state index contributed by atoms with van der Waals surface area (Å²) in [6.07, 6.45) is 0.231. The Morgan fingerprint density at radius 3 is 2.34 bits per heavy atom. The van der Waals surface area contributed by atoms with E-state index in [1.165, 1.54) is 0 Å². The maximum Gasteiger partial charge on any atom is 0.251 e. The number of likely N-dealkylation sites (tertiary alicyclic amines) is 1. The zero-order valence-corrected chi connectivity index (χ0v) is 17.2. The molecule has 1 fully saturated rings. The molecule has 1 saturated heterocycles. The van der Waals surface area contributed by atoms with Crippen LogP contribution in [-0.4, -0.2) is 35.2 Å². The fourth-order valence-corrected chi connectivity index (χ4v) is 3.37. The number of benzene rings is 2. The van der Waals surface area contributed by atoms with Gasteiger partial charge < -0.3 is 15.5 Å². The number of hydrogen-bond donors (Lipinski definition) is 2. The summed E-state index contributed by atoms with van der Waals surface area (Å²) in [6.45, 7) is 4.72. The van der Waals surface area contributed by atoms with Gasteiger partial charge in [0.05, 0.1) is 5.92 Å². The van der Waals surface area contributed by atoms with Gasteiger partial charge in [0.2, 0.25) is 11.8 Å². The van der Waals surface area contributed by atoms with Gasteiger partial charge in [0.15, 0.2) is 0 Å². The van der Waals surface area contributed by atoms with Crippen molar-refractivity contribution in [1.82, 2.24) is 10.2 Å². The first-order chi connectivity index (χ1) is 13.8. The van der Waals surface area contributed by atoms with E-state index in [-0.39, 0.29) is 36.1 Å². The third-order valence-corrected chi connectivity index (χ3v) is 5.19. The van der Waals surface area contributed by atoms with Crippen molar-refractivity contribution in [2.45, 2.75) is 32.9 Å². The molecule has 1 atom stereocenters. The van der Waals surface area contributed by atoms with Crippen molar-refractivity contribution in [3.63, 3.8) is 0 Å². The fourth-order valence-electron chi connectivity index (χ4n) is 3.24. The highest BCUT2D eigenvalue weighted by molar-refractivity contribution is 6.30. The Morgan fingerprint density at radius 2 is 1.76 bits per heavy atom. The minimum absolute atomic E-state index is 0.00727. The lowest BCUT2D eigenvalue weighted by molar-refractivity contribution is -0.129. The van der Waals surface area contributed by atoms with Crippen LogP contribution < -0.4 is 10.6 Å². The van der Waals surface area contributed by atoms with E-state index in [1.807, 2.05) is 26.0 Å². The minimum atomic E-state index is -0.354. The van der Waals surface area contributed by atoms with E-state index >= 15 is 0 Å². The molecule has 3 amide bonds. The zero-order chi connectivity index (χ0) is 21.0. The van der Waals surface area contributed by atoms with Crippen LogP contribution in [0.2, 0.25) is 5.02 Å². The van der Waals surface area contributed by atoms with Crippen LogP contribution in [0.25, 0.3) is 0 Å². The molecule has 2 aromatic rings. The number of amides is 3. The van der Waals surface area contributed by atoms with E-state index < -0.39 is 0 Å². The van der Waals surface area contributed by atoms with Crippen molar-refractivity contribution in [3.8, 4) is 0 Å². The second kappa shape index (κ2) is 9.09. The average molecular weight is 414 g/mol. The molecule has 1 aliphatic heterocycles. The summed E-state index contributed by atoms with van der Waals surface area (Å²) >= 11 is 5.85. The van der Waals surface area contributed by atoms with Gasteiger partial charge >= 0.3 is 0 Å². The molecule has 1 heterocycles. The van der Waals surface area contributed by atoms with Crippen molar-refractivity contribution in [1.29, 1.82) is 0 Å². The first-order valence-corrected chi connectivity index (χ1v) is 9.94. The molecule has 0 aromatic heterocycles. The van der Waals surface area contributed by atoms with Gasteiger partial charge in [0.25, 0.3) is 5.91 Å². The second-order valence-corrected chi connectivity index (χ2v) is 7.85. The summed E-state index contributed by atoms with van der Waals surface area (Å²) in [7, 11) is 0. The van der Waals surface area contributed by atoms with E-state index in [9.17, 15) is 14.4 Å². The maximum absolute atomic E-state index is 12.5. The normalized spacial score (nSPS) is 16.2. The highest BCUT2D eigenvalue weighted by Crippen LogP contribution is 2.22. The van der Waals surface area contributed by atoms with Gasteiger partial charge in [-0.25, -0.2) is 0 Å². The Hall–Kier alpha value is -2.86. The third-order valence-electron chi connectivity index (χ3n) is 4.93. The molecule has 0 spiro atoms. The monoisotopic (exact) mass is 413 g/mol. The molecule has 0 bridgehead atoms. The summed E-state index contributed by atoms with van der Waals surface area (Å²) < 4.78 is 0. The number of carbonyl (C=O) groups is 3. The molecular weight excluding hydrogens is 390 g/mol. The number of halogens is 1.